The van der Waals surface area contributed by atoms with E-state index in [9.17, 15) is 30.8 Å². The van der Waals surface area contributed by atoms with Crippen molar-refractivity contribution in [3.63, 3.8) is 0 Å². The van der Waals surface area contributed by atoms with Crippen LogP contribution in [0.5, 0.6) is 0 Å². The van der Waals surface area contributed by atoms with Crippen LogP contribution in [0.1, 0.15) is 53.9 Å². The number of rotatable bonds is 6. The summed E-state index contributed by atoms with van der Waals surface area (Å²) < 4.78 is 77.8. The van der Waals surface area contributed by atoms with Crippen molar-refractivity contribution in [1.82, 2.24) is 9.78 Å². The molecule has 1 amide bonds. The summed E-state index contributed by atoms with van der Waals surface area (Å²) in [5.41, 5.74) is -0.631. The molecule has 170 valence electrons. The van der Waals surface area contributed by atoms with Crippen LogP contribution in [0.2, 0.25) is 0 Å². The average Bonchev–Trinajstić information content (AvgIpc) is 2.99. The molecule has 0 bridgehead atoms. The van der Waals surface area contributed by atoms with E-state index in [1.165, 1.54) is 25.1 Å². The molecule has 0 spiro atoms. The minimum absolute atomic E-state index is 0.0313. The van der Waals surface area contributed by atoms with Crippen molar-refractivity contribution in [2.75, 3.05) is 5.32 Å². The number of benzene rings is 1. The maximum absolute atomic E-state index is 13.4. The van der Waals surface area contributed by atoms with Crippen LogP contribution in [0, 0.1) is 12.8 Å². The first-order chi connectivity index (χ1) is 14.4. The van der Waals surface area contributed by atoms with E-state index in [2.05, 4.69) is 10.4 Å². The fourth-order valence-corrected chi connectivity index (χ4v) is 4.22. The third-order valence-corrected chi connectivity index (χ3v) is 6.25. The lowest BCUT2D eigenvalue weighted by Gasteiger charge is -2.28. The smallest absolute Gasteiger partial charge is 0.282 e. The fourth-order valence-electron chi connectivity index (χ4n) is 3.67. The van der Waals surface area contributed by atoms with Gasteiger partial charge in [-0.1, -0.05) is 6.07 Å². The van der Waals surface area contributed by atoms with Gasteiger partial charge in [0.05, 0.1) is 4.90 Å². The summed E-state index contributed by atoms with van der Waals surface area (Å²) in [5, 5.41) is 11.4. The predicted molar refractivity (Wildman–Crippen MR) is 105 cm³/mol. The minimum atomic E-state index is -4.01. The Morgan fingerprint density at radius 3 is 2.55 bits per heavy atom. The number of nitrogens with one attached hydrogen (secondary N) is 1. The molecule has 1 aromatic carbocycles. The number of anilines is 1. The van der Waals surface area contributed by atoms with E-state index in [1.54, 1.807) is 0 Å². The van der Waals surface area contributed by atoms with Crippen molar-refractivity contribution < 1.29 is 30.8 Å². The number of hydrogen-bond donors (Lipinski definition) is 2. The maximum atomic E-state index is 13.4. The van der Waals surface area contributed by atoms with Gasteiger partial charge in [0.2, 0.25) is 15.9 Å². The zero-order valence-electron chi connectivity index (χ0n) is 16.6. The minimum Gasteiger partial charge on any atom is -0.321 e. The lowest BCUT2D eigenvalue weighted by Crippen LogP contribution is -2.28. The highest BCUT2D eigenvalue weighted by Gasteiger charge is 2.36. The molecule has 1 heterocycles. The second kappa shape index (κ2) is 8.58. The van der Waals surface area contributed by atoms with Gasteiger partial charge in [-0.25, -0.2) is 31.1 Å². The summed E-state index contributed by atoms with van der Waals surface area (Å²) in [6.45, 7) is 1.37. The number of halogens is 4. The van der Waals surface area contributed by atoms with Gasteiger partial charge in [-0.3, -0.25) is 9.48 Å². The number of nitrogens with two attached hydrogens (primary N) is 1. The number of alkyl halides is 4. The lowest BCUT2D eigenvalue weighted by atomic mass is 9.87. The van der Waals surface area contributed by atoms with Crippen LogP contribution in [-0.2, 0) is 16.6 Å². The Hall–Kier alpha value is -2.47. The molecule has 1 fully saturated rings. The van der Waals surface area contributed by atoms with Gasteiger partial charge in [-0.05, 0) is 43.9 Å². The standard InChI is InChI=1S/C19H22F4N4O3S/c1-11-15(17(20)21)26-27(10-12-5-7-19(22,23)8-6-12)16(11)18(28)25-13-3-2-4-14(9-13)31(24,29)30/h2-4,9,12,17H,5-8,10H2,1H3,(H,25,28)(H2,24,29,30). The quantitative estimate of drug-likeness (QED) is 0.636. The van der Waals surface area contributed by atoms with Crippen molar-refractivity contribution in [1.29, 1.82) is 0 Å². The molecule has 12 heteroatoms. The third kappa shape index (κ3) is 5.42. The van der Waals surface area contributed by atoms with E-state index in [-0.39, 0.29) is 60.0 Å². The van der Waals surface area contributed by atoms with Gasteiger partial charge in [0.1, 0.15) is 11.4 Å². The SMILES string of the molecule is Cc1c(C(F)F)nn(CC2CCC(F)(F)CC2)c1C(=O)Nc1cccc(S(N)(=O)=O)c1. The molecule has 0 unspecified atom stereocenters. The number of carbonyl (C=O) groups excluding carboxylic acids is 1. The lowest BCUT2D eigenvalue weighted by molar-refractivity contribution is -0.0477. The Morgan fingerprint density at radius 2 is 1.97 bits per heavy atom. The third-order valence-electron chi connectivity index (χ3n) is 5.34. The van der Waals surface area contributed by atoms with E-state index in [4.69, 9.17) is 5.14 Å². The van der Waals surface area contributed by atoms with E-state index >= 15 is 0 Å². The molecule has 1 aliphatic rings. The van der Waals surface area contributed by atoms with Gasteiger partial charge in [0.25, 0.3) is 12.3 Å². The number of carbonyl (C=O) groups is 1. The summed E-state index contributed by atoms with van der Waals surface area (Å²) >= 11 is 0. The number of amides is 1. The highest BCUT2D eigenvalue weighted by atomic mass is 32.2. The molecular weight excluding hydrogens is 440 g/mol. The van der Waals surface area contributed by atoms with Crippen LogP contribution in [0.15, 0.2) is 29.2 Å². The van der Waals surface area contributed by atoms with Gasteiger partial charge in [0, 0.05) is 30.6 Å². The molecule has 1 aromatic heterocycles. The second-order valence-electron chi connectivity index (χ2n) is 7.67. The van der Waals surface area contributed by atoms with Crippen LogP contribution in [0.25, 0.3) is 0 Å². The van der Waals surface area contributed by atoms with Gasteiger partial charge in [-0.2, -0.15) is 5.10 Å². The van der Waals surface area contributed by atoms with Crippen molar-refractivity contribution in [2.45, 2.75) is 56.4 Å². The van der Waals surface area contributed by atoms with Gasteiger partial charge >= 0.3 is 0 Å². The van der Waals surface area contributed by atoms with Gasteiger partial charge in [0.15, 0.2) is 0 Å². The average molecular weight is 462 g/mol. The highest BCUT2D eigenvalue weighted by molar-refractivity contribution is 7.89. The fraction of sp³-hybridized carbons (Fsp3) is 0.474. The molecule has 31 heavy (non-hydrogen) atoms. The Labute approximate surface area is 176 Å². The summed E-state index contributed by atoms with van der Waals surface area (Å²) in [6, 6.07) is 5.17. The molecule has 0 radical (unpaired) electrons. The van der Waals surface area contributed by atoms with E-state index in [1.807, 2.05) is 0 Å². The molecule has 0 atom stereocenters. The summed E-state index contributed by atoms with van der Waals surface area (Å²) in [4.78, 5) is 12.7. The van der Waals surface area contributed by atoms with Crippen LogP contribution in [0.4, 0.5) is 23.2 Å². The summed E-state index contributed by atoms with van der Waals surface area (Å²) in [6.07, 6.45) is -3.15. The molecule has 7 nitrogen and oxygen atoms in total. The van der Waals surface area contributed by atoms with Crippen LogP contribution >= 0.6 is 0 Å². The second-order valence-corrected chi connectivity index (χ2v) is 9.23. The molecule has 3 rings (SSSR count). The summed E-state index contributed by atoms with van der Waals surface area (Å²) in [5.74, 6) is -3.74. The van der Waals surface area contributed by atoms with E-state index < -0.39 is 34.0 Å². The van der Waals surface area contributed by atoms with Crippen LogP contribution in [-0.4, -0.2) is 30.0 Å². The van der Waals surface area contributed by atoms with E-state index in [0.717, 1.165) is 10.7 Å². The largest absolute Gasteiger partial charge is 0.321 e. The van der Waals surface area contributed by atoms with Crippen molar-refractivity contribution in [3.8, 4) is 0 Å². The zero-order chi connectivity index (χ0) is 23.0. The van der Waals surface area contributed by atoms with Crippen molar-refractivity contribution in [2.24, 2.45) is 11.1 Å². The Balaban J connectivity index is 1.88. The molecule has 2 aromatic rings. The number of aromatic nitrogens is 2. The van der Waals surface area contributed by atoms with Crippen LogP contribution in [0.3, 0.4) is 0 Å². The monoisotopic (exact) mass is 462 g/mol. The number of sulfonamides is 1. The highest BCUT2D eigenvalue weighted by Crippen LogP contribution is 2.37. The van der Waals surface area contributed by atoms with Crippen LogP contribution < -0.4 is 10.5 Å². The van der Waals surface area contributed by atoms with Gasteiger partial charge < -0.3 is 5.32 Å². The normalized spacial score (nSPS) is 17.1. The molecule has 0 saturated heterocycles. The van der Waals surface area contributed by atoms with Crippen molar-refractivity contribution in [3.05, 3.63) is 41.2 Å². The Kier molecular flexibility index (Phi) is 6.42. The molecule has 1 aliphatic carbocycles. The molecular formula is C19H22F4N4O3S. The topological polar surface area (TPSA) is 107 Å². The number of nitrogens with zero attached hydrogens (tertiary/aromatic N) is 2. The zero-order valence-corrected chi connectivity index (χ0v) is 17.4. The van der Waals surface area contributed by atoms with Gasteiger partial charge in [-0.15, -0.1) is 0 Å². The first-order valence-corrected chi connectivity index (χ1v) is 11.1. The Morgan fingerprint density at radius 1 is 1.32 bits per heavy atom. The molecule has 3 N–H and O–H groups in total. The maximum Gasteiger partial charge on any atom is 0.282 e. The first-order valence-electron chi connectivity index (χ1n) is 9.55. The predicted octanol–water partition coefficient (Wildman–Crippen LogP) is 3.85. The van der Waals surface area contributed by atoms with Crippen molar-refractivity contribution >= 4 is 21.6 Å². The molecule has 0 aliphatic heterocycles. The number of hydrogen-bond acceptors (Lipinski definition) is 4. The number of primary sulfonamides is 1. The molecule has 1 saturated carbocycles. The Bertz CT molecular complexity index is 1080. The first kappa shape index (κ1) is 23.2. The van der Waals surface area contributed by atoms with E-state index in [0.29, 0.717) is 0 Å². The summed E-state index contributed by atoms with van der Waals surface area (Å²) in [7, 11) is -4.01.